The fourth-order valence-electron chi connectivity index (χ4n) is 3.15. The highest BCUT2D eigenvalue weighted by Crippen LogP contribution is 2.25. The molecule has 2 heterocycles. The van der Waals surface area contributed by atoms with E-state index in [0.29, 0.717) is 25.1 Å². The molecule has 0 unspecified atom stereocenters. The summed E-state index contributed by atoms with van der Waals surface area (Å²) in [7, 11) is -0.723. The third-order valence-electron chi connectivity index (χ3n) is 4.79. The van der Waals surface area contributed by atoms with Crippen molar-refractivity contribution in [2.24, 2.45) is 0 Å². The van der Waals surface area contributed by atoms with E-state index in [0.717, 1.165) is 9.87 Å². The lowest BCUT2D eigenvalue weighted by Gasteiger charge is -2.23. The van der Waals surface area contributed by atoms with Gasteiger partial charge in [0.1, 0.15) is 6.04 Å². The summed E-state index contributed by atoms with van der Waals surface area (Å²) in [5.41, 5.74) is 1.14. The van der Waals surface area contributed by atoms with Crippen molar-refractivity contribution in [3.8, 4) is 0 Å². The van der Waals surface area contributed by atoms with Crippen molar-refractivity contribution in [3.05, 3.63) is 47.9 Å². The fourth-order valence-corrected chi connectivity index (χ4v) is 4.08. The first-order chi connectivity index (χ1) is 13.2. The molecule has 28 heavy (non-hydrogen) atoms. The summed E-state index contributed by atoms with van der Waals surface area (Å²) in [5, 5.41) is 2.79. The molecule has 2 amide bonds. The minimum Gasteiger partial charge on any atom is -0.459 e. The van der Waals surface area contributed by atoms with Crippen LogP contribution in [0, 0.1) is 6.92 Å². The molecule has 1 saturated heterocycles. The van der Waals surface area contributed by atoms with Crippen molar-refractivity contribution < 1.29 is 22.4 Å². The lowest BCUT2D eigenvalue weighted by atomic mass is 10.1. The number of nitrogens with zero attached hydrogens (tertiary/aromatic N) is 2. The van der Waals surface area contributed by atoms with Gasteiger partial charge in [0.15, 0.2) is 5.76 Å². The first kappa shape index (κ1) is 20.1. The largest absolute Gasteiger partial charge is 0.459 e. The zero-order valence-electron chi connectivity index (χ0n) is 16.0. The normalized spacial score (nSPS) is 17.1. The highest BCUT2D eigenvalue weighted by Gasteiger charge is 2.35. The summed E-state index contributed by atoms with van der Waals surface area (Å²) in [6.07, 6.45) is 2.66. The SMILES string of the molecule is Cc1ccc(S(=O)(=O)N(C)C)cc1NC(=O)[C@@H]1CCCN1C(=O)c1ccco1. The molecule has 1 aliphatic heterocycles. The third kappa shape index (κ3) is 3.81. The molecule has 0 spiro atoms. The number of hydrogen-bond donors (Lipinski definition) is 1. The van der Waals surface area contributed by atoms with Crippen LogP contribution in [0.5, 0.6) is 0 Å². The van der Waals surface area contributed by atoms with Gasteiger partial charge in [-0.05, 0) is 49.6 Å². The zero-order chi connectivity index (χ0) is 20.5. The van der Waals surface area contributed by atoms with Gasteiger partial charge in [-0.2, -0.15) is 0 Å². The number of sulfonamides is 1. The summed E-state index contributed by atoms with van der Waals surface area (Å²) in [4.78, 5) is 27.0. The second-order valence-corrected chi connectivity index (χ2v) is 9.04. The van der Waals surface area contributed by atoms with Crippen molar-refractivity contribution in [2.45, 2.75) is 30.7 Å². The summed E-state index contributed by atoms with van der Waals surface area (Å²) in [5.74, 6) is -0.488. The maximum Gasteiger partial charge on any atom is 0.290 e. The van der Waals surface area contributed by atoms with Gasteiger partial charge in [0, 0.05) is 26.3 Å². The summed E-state index contributed by atoms with van der Waals surface area (Å²) >= 11 is 0. The topological polar surface area (TPSA) is 99.9 Å². The Morgan fingerprint density at radius 2 is 2.00 bits per heavy atom. The molecule has 2 aromatic rings. The highest BCUT2D eigenvalue weighted by molar-refractivity contribution is 7.89. The summed E-state index contributed by atoms with van der Waals surface area (Å²) in [6.45, 7) is 2.24. The maximum absolute atomic E-state index is 12.9. The number of aryl methyl sites for hydroxylation is 1. The van der Waals surface area contributed by atoms with Crippen LogP contribution in [0.15, 0.2) is 45.9 Å². The fraction of sp³-hybridized carbons (Fsp3) is 0.368. The highest BCUT2D eigenvalue weighted by atomic mass is 32.2. The van der Waals surface area contributed by atoms with Crippen LogP contribution in [0.3, 0.4) is 0 Å². The molecule has 150 valence electrons. The van der Waals surface area contributed by atoms with Crippen LogP contribution < -0.4 is 5.32 Å². The quantitative estimate of drug-likeness (QED) is 0.821. The molecule has 1 fully saturated rings. The Morgan fingerprint density at radius 3 is 2.64 bits per heavy atom. The zero-order valence-corrected chi connectivity index (χ0v) is 16.8. The molecule has 9 heteroatoms. The van der Waals surface area contributed by atoms with Gasteiger partial charge in [-0.15, -0.1) is 0 Å². The van der Waals surface area contributed by atoms with E-state index in [1.54, 1.807) is 25.1 Å². The molecule has 0 aliphatic carbocycles. The number of furan rings is 1. The third-order valence-corrected chi connectivity index (χ3v) is 6.60. The van der Waals surface area contributed by atoms with Gasteiger partial charge in [0.25, 0.3) is 5.91 Å². The molecule has 0 bridgehead atoms. The van der Waals surface area contributed by atoms with Gasteiger partial charge in [0.05, 0.1) is 11.2 Å². The van der Waals surface area contributed by atoms with Crippen molar-refractivity contribution in [1.29, 1.82) is 0 Å². The van der Waals surface area contributed by atoms with E-state index in [1.807, 2.05) is 0 Å². The molecule has 1 aromatic heterocycles. The van der Waals surface area contributed by atoms with Gasteiger partial charge < -0.3 is 14.6 Å². The summed E-state index contributed by atoms with van der Waals surface area (Å²) in [6, 6.07) is 7.14. The van der Waals surface area contributed by atoms with Gasteiger partial charge in [0.2, 0.25) is 15.9 Å². The molecule has 0 radical (unpaired) electrons. The number of likely N-dealkylation sites (tertiary alicyclic amines) is 1. The number of rotatable bonds is 5. The first-order valence-electron chi connectivity index (χ1n) is 8.90. The molecule has 0 saturated carbocycles. The van der Waals surface area contributed by atoms with Crippen LogP contribution in [-0.2, 0) is 14.8 Å². The van der Waals surface area contributed by atoms with E-state index in [4.69, 9.17) is 4.42 Å². The predicted octanol–water partition coefficient (Wildman–Crippen LogP) is 2.08. The lowest BCUT2D eigenvalue weighted by Crippen LogP contribution is -2.43. The Hall–Kier alpha value is -2.65. The number of carbonyl (C=O) groups excluding carboxylic acids is 2. The van der Waals surface area contributed by atoms with Crippen molar-refractivity contribution in [3.63, 3.8) is 0 Å². The van der Waals surface area contributed by atoms with Crippen LogP contribution in [0.1, 0.15) is 29.0 Å². The van der Waals surface area contributed by atoms with E-state index in [-0.39, 0.29) is 22.5 Å². The average molecular weight is 405 g/mol. The minimum atomic E-state index is -3.62. The maximum atomic E-state index is 12.9. The van der Waals surface area contributed by atoms with Crippen LogP contribution in [0.25, 0.3) is 0 Å². The van der Waals surface area contributed by atoms with E-state index in [1.165, 1.54) is 37.4 Å². The Morgan fingerprint density at radius 1 is 1.25 bits per heavy atom. The minimum absolute atomic E-state index is 0.0911. The summed E-state index contributed by atoms with van der Waals surface area (Å²) < 4.78 is 31.0. The lowest BCUT2D eigenvalue weighted by molar-refractivity contribution is -0.119. The first-order valence-corrected chi connectivity index (χ1v) is 10.3. The molecule has 1 aromatic carbocycles. The average Bonchev–Trinajstić information content (AvgIpc) is 3.34. The standard InChI is InChI=1S/C19H23N3O5S/c1-13-8-9-14(28(25,26)21(2)3)12-15(13)20-18(23)16-6-4-10-22(16)19(24)17-7-5-11-27-17/h5,7-9,11-12,16H,4,6,10H2,1-3H3,(H,20,23)/t16-/m0/s1. The van der Waals surface area contributed by atoms with Crippen LogP contribution in [0.2, 0.25) is 0 Å². The monoisotopic (exact) mass is 405 g/mol. The van der Waals surface area contributed by atoms with Gasteiger partial charge in [-0.25, -0.2) is 12.7 Å². The number of hydrogen-bond acceptors (Lipinski definition) is 5. The molecule has 1 atom stereocenters. The molecule has 1 aliphatic rings. The molecule has 8 nitrogen and oxygen atoms in total. The number of carbonyl (C=O) groups is 2. The number of anilines is 1. The molecular weight excluding hydrogens is 382 g/mol. The number of nitrogens with one attached hydrogen (secondary N) is 1. The van der Waals surface area contributed by atoms with Gasteiger partial charge >= 0.3 is 0 Å². The van der Waals surface area contributed by atoms with Gasteiger partial charge in [-0.1, -0.05) is 6.07 Å². The van der Waals surface area contributed by atoms with Crippen molar-refractivity contribution in [1.82, 2.24) is 9.21 Å². The van der Waals surface area contributed by atoms with E-state index < -0.39 is 16.1 Å². The molecular formula is C19H23N3O5S. The number of amides is 2. The van der Waals surface area contributed by atoms with E-state index >= 15 is 0 Å². The Balaban J connectivity index is 1.82. The second kappa shape index (κ2) is 7.76. The molecule has 3 rings (SSSR count). The second-order valence-electron chi connectivity index (χ2n) is 6.89. The van der Waals surface area contributed by atoms with E-state index in [9.17, 15) is 18.0 Å². The molecule has 1 N–H and O–H groups in total. The Kier molecular flexibility index (Phi) is 5.57. The van der Waals surface area contributed by atoms with Gasteiger partial charge in [-0.3, -0.25) is 9.59 Å². The van der Waals surface area contributed by atoms with Crippen LogP contribution in [-0.4, -0.2) is 56.1 Å². The van der Waals surface area contributed by atoms with Crippen LogP contribution in [0.4, 0.5) is 5.69 Å². The van der Waals surface area contributed by atoms with Crippen molar-refractivity contribution in [2.75, 3.05) is 26.0 Å². The van der Waals surface area contributed by atoms with Crippen molar-refractivity contribution >= 4 is 27.5 Å². The smallest absolute Gasteiger partial charge is 0.290 e. The number of benzene rings is 1. The van der Waals surface area contributed by atoms with Crippen LogP contribution >= 0.6 is 0 Å². The Bertz CT molecular complexity index is 983. The van der Waals surface area contributed by atoms with E-state index in [2.05, 4.69) is 5.32 Å². The predicted molar refractivity (Wildman–Crippen MR) is 103 cm³/mol. The Labute approximate surface area is 164 Å².